The minimum Gasteiger partial charge on any atom is -0.457 e. The number of nitrogens with two attached hydrogens (primary N) is 1. The van der Waals surface area contributed by atoms with Crippen LogP contribution in [0.4, 0.5) is 0 Å². The van der Waals surface area contributed by atoms with Crippen LogP contribution in [0, 0.1) is 0 Å². The van der Waals surface area contributed by atoms with E-state index in [0.717, 1.165) is 32.1 Å². The first kappa shape index (κ1) is 70.5. The lowest BCUT2D eigenvalue weighted by Crippen LogP contribution is -2.28. The molecule has 0 saturated carbocycles. The highest BCUT2D eigenvalue weighted by atomic mass is 31.2. The second-order valence-electron chi connectivity index (χ2n) is 22.0. The fourth-order valence-electron chi connectivity index (χ4n) is 10.1. The third-order valence-electron chi connectivity index (χ3n) is 14.8. The average Bonchev–Trinajstić information content (AvgIpc) is 3.36. The fourth-order valence-corrected chi connectivity index (χ4v) is 10.8. The van der Waals surface area contributed by atoms with Crippen molar-refractivity contribution >= 4 is 13.8 Å². The number of esters is 1. The van der Waals surface area contributed by atoms with Crippen molar-refractivity contribution in [2.45, 2.75) is 360 Å². The molecule has 3 N–H and O–H groups in total. The first-order valence-electron chi connectivity index (χ1n) is 32.0. The smallest absolute Gasteiger partial charge is 0.457 e. The summed E-state index contributed by atoms with van der Waals surface area (Å²) in [7, 11) is -4.28. The number of ether oxygens (including phenoxy) is 2. The van der Waals surface area contributed by atoms with Crippen LogP contribution in [-0.4, -0.2) is 49.9 Å². The molecule has 0 rings (SSSR count). The van der Waals surface area contributed by atoms with E-state index in [2.05, 4.69) is 13.8 Å². The van der Waals surface area contributed by atoms with Gasteiger partial charge in [0.25, 0.3) is 0 Å². The lowest BCUT2D eigenvalue weighted by Gasteiger charge is -2.20. The zero-order valence-corrected chi connectivity index (χ0v) is 48.9. The molecule has 0 spiro atoms. The third-order valence-corrected chi connectivity index (χ3v) is 15.8. The molecule has 0 aliphatic heterocycles. The van der Waals surface area contributed by atoms with Gasteiger partial charge in [0.05, 0.1) is 19.8 Å². The quantitative estimate of drug-likeness (QED) is 0.0351. The van der Waals surface area contributed by atoms with Gasteiger partial charge in [-0.15, -0.1) is 0 Å². The van der Waals surface area contributed by atoms with Crippen LogP contribution in [0.5, 0.6) is 0 Å². The van der Waals surface area contributed by atoms with Crippen LogP contribution in [0.15, 0.2) is 0 Å². The lowest BCUT2D eigenvalue weighted by molar-refractivity contribution is -0.154. The van der Waals surface area contributed by atoms with E-state index < -0.39 is 13.9 Å². The van der Waals surface area contributed by atoms with Crippen LogP contribution in [0.1, 0.15) is 354 Å². The monoisotopic (exact) mass is 1030 g/mol. The van der Waals surface area contributed by atoms with Gasteiger partial charge in [0, 0.05) is 19.6 Å². The molecule has 1 unspecified atom stereocenters. The maximum Gasteiger partial charge on any atom is 0.472 e. The van der Waals surface area contributed by atoms with Gasteiger partial charge in [-0.1, -0.05) is 335 Å². The molecule has 71 heavy (non-hydrogen) atoms. The van der Waals surface area contributed by atoms with Crippen LogP contribution in [0.2, 0.25) is 0 Å². The van der Waals surface area contributed by atoms with E-state index in [1.54, 1.807) is 0 Å². The fraction of sp³-hybridized carbons (Fsp3) is 0.984. The SMILES string of the molecule is CCCCCCCCCCCCCCCCCCCCCCCCCCCCCCCCCCCCC(=O)O[C@H](COCCCCCCCCCCCCCCCCCCCC)COP(=O)(O)OCCN. The van der Waals surface area contributed by atoms with Crippen LogP contribution >= 0.6 is 7.82 Å². The summed E-state index contributed by atoms with van der Waals surface area (Å²) >= 11 is 0. The minimum atomic E-state index is -4.28. The van der Waals surface area contributed by atoms with E-state index in [1.165, 1.54) is 302 Å². The second-order valence-corrected chi connectivity index (χ2v) is 23.5. The van der Waals surface area contributed by atoms with Gasteiger partial charge < -0.3 is 20.1 Å². The van der Waals surface area contributed by atoms with Crippen LogP contribution in [0.25, 0.3) is 0 Å². The number of rotatable bonds is 63. The van der Waals surface area contributed by atoms with E-state index >= 15 is 0 Å². The van der Waals surface area contributed by atoms with Gasteiger partial charge in [-0.2, -0.15) is 0 Å². The third kappa shape index (κ3) is 60.2. The Morgan fingerprint density at radius 2 is 0.620 bits per heavy atom. The molecule has 0 fully saturated rings. The van der Waals surface area contributed by atoms with Gasteiger partial charge in [-0.25, -0.2) is 4.57 Å². The molecule has 426 valence electrons. The molecular weight excluding hydrogens is 902 g/mol. The van der Waals surface area contributed by atoms with Crippen LogP contribution in [-0.2, 0) is 27.9 Å². The topological polar surface area (TPSA) is 117 Å². The number of phosphoric ester groups is 1. The van der Waals surface area contributed by atoms with E-state index in [0.29, 0.717) is 13.0 Å². The predicted octanol–water partition coefficient (Wildman–Crippen LogP) is 20.7. The summed E-state index contributed by atoms with van der Waals surface area (Å²) < 4.78 is 33.7. The van der Waals surface area contributed by atoms with Crippen molar-refractivity contribution in [3.8, 4) is 0 Å². The number of carbonyl (C=O) groups is 1. The summed E-state index contributed by atoms with van der Waals surface area (Å²) in [6, 6.07) is 0. The number of hydrogen-bond acceptors (Lipinski definition) is 7. The predicted molar refractivity (Wildman–Crippen MR) is 308 cm³/mol. The van der Waals surface area contributed by atoms with E-state index in [4.69, 9.17) is 24.3 Å². The molecular formula is C62H126NO7P. The van der Waals surface area contributed by atoms with Gasteiger partial charge in [-0.05, 0) is 12.8 Å². The molecule has 0 aliphatic rings. The maximum atomic E-state index is 12.7. The highest BCUT2D eigenvalue weighted by Gasteiger charge is 2.25. The number of unbranched alkanes of at least 4 members (excludes halogenated alkanes) is 50. The summed E-state index contributed by atoms with van der Waals surface area (Å²) in [5.41, 5.74) is 5.41. The Hall–Kier alpha value is -0.500. The number of carbonyl (C=O) groups excluding carboxylic acids is 1. The molecule has 0 aromatic carbocycles. The van der Waals surface area contributed by atoms with Crippen molar-refractivity contribution in [1.82, 2.24) is 0 Å². The average molecular weight is 1030 g/mol. The summed E-state index contributed by atoms with van der Waals surface area (Å²) in [5.74, 6) is -0.318. The van der Waals surface area contributed by atoms with E-state index in [-0.39, 0.29) is 32.3 Å². The zero-order chi connectivity index (χ0) is 51.5. The summed E-state index contributed by atoms with van der Waals surface area (Å²) in [6.45, 7) is 5.03. The van der Waals surface area contributed by atoms with E-state index in [9.17, 15) is 14.3 Å². The van der Waals surface area contributed by atoms with Crippen LogP contribution in [0.3, 0.4) is 0 Å². The van der Waals surface area contributed by atoms with Gasteiger partial charge in [0.2, 0.25) is 0 Å². The number of phosphoric acid groups is 1. The Labute approximate surface area is 443 Å². The van der Waals surface area contributed by atoms with Crippen molar-refractivity contribution in [2.24, 2.45) is 5.73 Å². The second kappa shape index (κ2) is 60.4. The van der Waals surface area contributed by atoms with Gasteiger partial charge in [0.1, 0.15) is 6.10 Å². The van der Waals surface area contributed by atoms with Crippen LogP contribution < -0.4 is 5.73 Å². The summed E-state index contributed by atoms with van der Waals surface area (Å²) in [6.07, 6.45) is 70.5. The highest BCUT2D eigenvalue weighted by molar-refractivity contribution is 7.47. The van der Waals surface area contributed by atoms with Crippen molar-refractivity contribution in [1.29, 1.82) is 0 Å². The maximum absolute atomic E-state index is 12.7. The summed E-state index contributed by atoms with van der Waals surface area (Å²) in [5, 5.41) is 0. The first-order valence-corrected chi connectivity index (χ1v) is 33.5. The normalized spacial score (nSPS) is 13.0. The van der Waals surface area contributed by atoms with Gasteiger partial charge in [0.15, 0.2) is 0 Å². The van der Waals surface area contributed by atoms with Gasteiger partial charge in [-0.3, -0.25) is 13.8 Å². The van der Waals surface area contributed by atoms with E-state index in [1.807, 2.05) is 0 Å². The van der Waals surface area contributed by atoms with Crippen molar-refractivity contribution in [2.75, 3.05) is 33.0 Å². The Morgan fingerprint density at radius 1 is 0.366 bits per heavy atom. The number of hydrogen-bond donors (Lipinski definition) is 2. The lowest BCUT2D eigenvalue weighted by atomic mass is 10.0. The van der Waals surface area contributed by atoms with Crippen molar-refractivity contribution < 1.29 is 32.8 Å². The zero-order valence-electron chi connectivity index (χ0n) is 48.0. The minimum absolute atomic E-state index is 0.0895. The van der Waals surface area contributed by atoms with Crippen molar-refractivity contribution in [3.63, 3.8) is 0 Å². The Kier molecular flexibility index (Phi) is 59.9. The highest BCUT2D eigenvalue weighted by Crippen LogP contribution is 2.43. The standard InChI is InChI=1S/C62H126NO7P/c1-3-5-7-9-11-13-15-17-19-21-23-24-25-26-27-28-29-30-31-32-33-34-35-36-37-38-39-41-43-45-47-49-51-53-55-62(64)70-61(60-69-71(65,66)68-58-56-63)59-67-57-54-52-50-48-46-44-42-40-22-20-18-16-14-12-10-8-6-4-2/h61H,3-60,63H2,1-2H3,(H,65,66)/t61-/m1/s1. The molecule has 0 amide bonds. The molecule has 0 aromatic heterocycles. The van der Waals surface area contributed by atoms with Gasteiger partial charge >= 0.3 is 13.8 Å². The molecule has 0 aliphatic carbocycles. The molecule has 8 nitrogen and oxygen atoms in total. The Balaban J connectivity index is 3.70. The molecule has 0 radical (unpaired) electrons. The summed E-state index contributed by atoms with van der Waals surface area (Å²) in [4.78, 5) is 22.7. The largest absolute Gasteiger partial charge is 0.472 e. The molecule has 0 saturated heterocycles. The molecule has 0 heterocycles. The molecule has 2 atom stereocenters. The molecule has 0 aromatic rings. The van der Waals surface area contributed by atoms with Crippen molar-refractivity contribution in [3.05, 3.63) is 0 Å². The Bertz CT molecular complexity index is 1060. The molecule has 0 bridgehead atoms. The first-order chi connectivity index (χ1) is 34.9. The Morgan fingerprint density at radius 3 is 0.887 bits per heavy atom. The molecule has 9 heteroatoms.